The number of aromatic nitrogens is 1. The van der Waals surface area contributed by atoms with Gasteiger partial charge in [-0.3, -0.25) is 14.2 Å². The summed E-state index contributed by atoms with van der Waals surface area (Å²) >= 11 is 1.22. The molecule has 3 rings (SSSR count). The molecule has 6 nitrogen and oxygen atoms in total. The molecule has 0 bridgehead atoms. The zero-order valence-corrected chi connectivity index (χ0v) is 20.0. The van der Waals surface area contributed by atoms with E-state index in [0.717, 1.165) is 11.1 Å². The van der Waals surface area contributed by atoms with Gasteiger partial charge in [0.2, 0.25) is 0 Å². The summed E-state index contributed by atoms with van der Waals surface area (Å²) in [6, 6.07) is 13.0. The number of rotatable bonds is 8. The highest BCUT2D eigenvalue weighted by atomic mass is 32.1. The van der Waals surface area contributed by atoms with E-state index in [4.69, 9.17) is 9.47 Å². The van der Waals surface area contributed by atoms with Crippen LogP contribution in [0.4, 0.5) is 0 Å². The number of nitrogens with zero attached hydrogens (tertiary/aromatic N) is 1. The molecule has 0 amide bonds. The van der Waals surface area contributed by atoms with E-state index >= 15 is 0 Å². The van der Waals surface area contributed by atoms with Crippen LogP contribution in [-0.2, 0) is 16.1 Å². The van der Waals surface area contributed by atoms with E-state index in [1.165, 1.54) is 28.9 Å². The maximum atomic E-state index is 13.4. The number of aryl methyl sites for hydroxylation is 1. The first-order valence-electron chi connectivity index (χ1n) is 10.8. The number of Topliss-reactive ketones (excluding diaryl/α,β-unsaturated/α-hetero) is 1. The van der Waals surface area contributed by atoms with E-state index in [2.05, 4.69) is 0 Å². The smallest absolute Gasteiger partial charge is 0.333 e. The minimum absolute atomic E-state index is 0.0799. The number of ketones is 1. The number of hydrogen-bond acceptors (Lipinski definition) is 6. The van der Waals surface area contributed by atoms with Gasteiger partial charge in [-0.25, -0.2) is 4.79 Å². The Morgan fingerprint density at radius 1 is 1.06 bits per heavy atom. The van der Waals surface area contributed by atoms with Crippen molar-refractivity contribution in [3.63, 3.8) is 0 Å². The van der Waals surface area contributed by atoms with Crippen LogP contribution in [0.5, 0.6) is 5.75 Å². The molecule has 0 N–H and O–H groups in total. The molecule has 7 heteroatoms. The second-order valence-electron chi connectivity index (χ2n) is 7.46. The number of ether oxygens (including phenoxy) is 2. The molecular weight excluding hydrogens is 438 g/mol. The highest BCUT2D eigenvalue weighted by Crippen LogP contribution is 2.21. The highest BCUT2D eigenvalue weighted by Gasteiger charge is 2.13. The van der Waals surface area contributed by atoms with Gasteiger partial charge in [-0.1, -0.05) is 29.8 Å². The van der Waals surface area contributed by atoms with Crippen molar-refractivity contribution in [2.45, 2.75) is 34.2 Å². The van der Waals surface area contributed by atoms with Gasteiger partial charge in [0.15, 0.2) is 5.78 Å². The summed E-state index contributed by atoms with van der Waals surface area (Å²) in [5.74, 6) is -0.00711. The van der Waals surface area contributed by atoms with Gasteiger partial charge in [-0.2, -0.15) is 0 Å². The Bertz CT molecular complexity index is 1330. The van der Waals surface area contributed by atoms with Crippen molar-refractivity contribution in [1.29, 1.82) is 0 Å². The van der Waals surface area contributed by atoms with Crippen LogP contribution < -0.4 is 19.5 Å². The van der Waals surface area contributed by atoms with Gasteiger partial charge >= 0.3 is 5.97 Å². The van der Waals surface area contributed by atoms with E-state index in [0.29, 0.717) is 32.7 Å². The average Bonchev–Trinajstić information content (AvgIpc) is 3.05. The molecule has 1 heterocycles. The molecule has 0 radical (unpaired) electrons. The summed E-state index contributed by atoms with van der Waals surface area (Å²) in [7, 11) is 0. The first-order valence-corrected chi connectivity index (χ1v) is 11.6. The molecule has 0 spiro atoms. The van der Waals surface area contributed by atoms with Crippen molar-refractivity contribution < 1.29 is 19.1 Å². The minimum Gasteiger partial charge on any atom is -0.494 e. The summed E-state index contributed by atoms with van der Waals surface area (Å²) in [5.41, 5.74) is 3.00. The molecule has 1 aromatic heterocycles. The summed E-state index contributed by atoms with van der Waals surface area (Å²) in [4.78, 5) is 37.5. The molecule has 0 fully saturated rings. The molecule has 0 aliphatic heterocycles. The molecule has 0 aliphatic rings. The number of thiazole rings is 1. The normalized spacial score (nSPS) is 12.1. The van der Waals surface area contributed by atoms with E-state index in [1.54, 1.807) is 31.2 Å². The summed E-state index contributed by atoms with van der Waals surface area (Å²) in [6.07, 6.45) is 3.14. The third-order valence-electron chi connectivity index (χ3n) is 4.93. The van der Waals surface area contributed by atoms with E-state index in [1.807, 2.05) is 38.1 Å². The Labute approximate surface area is 196 Å². The summed E-state index contributed by atoms with van der Waals surface area (Å²) in [5, 5.41) is 0. The average molecular weight is 466 g/mol. The Balaban J connectivity index is 2.18. The fourth-order valence-electron chi connectivity index (χ4n) is 3.28. The summed E-state index contributed by atoms with van der Waals surface area (Å²) < 4.78 is 13.3. The van der Waals surface area contributed by atoms with Crippen LogP contribution >= 0.6 is 11.3 Å². The van der Waals surface area contributed by atoms with Crippen LogP contribution in [0.1, 0.15) is 47.8 Å². The number of benzene rings is 2. The zero-order chi connectivity index (χ0) is 24.0. The number of hydrogen-bond donors (Lipinski definition) is 0. The van der Waals surface area contributed by atoms with E-state index in [9.17, 15) is 14.4 Å². The third-order valence-corrected chi connectivity index (χ3v) is 5.99. The molecule has 0 aliphatic carbocycles. The second kappa shape index (κ2) is 10.9. The molecule has 2 aromatic carbocycles. The van der Waals surface area contributed by atoms with Crippen molar-refractivity contribution in [2.24, 2.45) is 0 Å². The second-order valence-corrected chi connectivity index (χ2v) is 8.52. The van der Waals surface area contributed by atoms with Gasteiger partial charge in [0.05, 0.1) is 30.4 Å². The van der Waals surface area contributed by atoms with Crippen molar-refractivity contribution in [3.05, 3.63) is 84.3 Å². The van der Waals surface area contributed by atoms with Gasteiger partial charge < -0.3 is 9.47 Å². The first kappa shape index (κ1) is 24.2. The van der Waals surface area contributed by atoms with Gasteiger partial charge in [-0.15, -0.1) is 11.3 Å². The van der Waals surface area contributed by atoms with Crippen molar-refractivity contribution in [3.8, 4) is 5.75 Å². The molecule has 33 heavy (non-hydrogen) atoms. The lowest BCUT2D eigenvalue weighted by Gasteiger charge is -2.12. The zero-order valence-electron chi connectivity index (χ0n) is 19.2. The largest absolute Gasteiger partial charge is 0.494 e. The number of carbonyl (C=O) groups is 2. The third kappa shape index (κ3) is 6.08. The Morgan fingerprint density at radius 2 is 1.79 bits per heavy atom. The number of carbonyl (C=O) groups excluding carboxylic acids is 2. The van der Waals surface area contributed by atoms with Crippen LogP contribution in [0.15, 0.2) is 47.3 Å². The van der Waals surface area contributed by atoms with Gasteiger partial charge in [0.1, 0.15) is 10.4 Å². The Hall–Kier alpha value is -3.45. The molecule has 0 atom stereocenters. The maximum Gasteiger partial charge on any atom is 0.333 e. The van der Waals surface area contributed by atoms with Crippen LogP contribution in [-0.4, -0.2) is 29.5 Å². The monoisotopic (exact) mass is 465 g/mol. The molecular formula is C26H27NO5S. The highest BCUT2D eigenvalue weighted by molar-refractivity contribution is 7.07. The Morgan fingerprint density at radius 3 is 2.42 bits per heavy atom. The predicted molar refractivity (Wildman–Crippen MR) is 130 cm³/mol. The summed E-state index contributed by atoms with van der Waals surface area (Å²) in [6.45, 7) is 7.92. The fourth-order valence-corrected chi connectivity index (χ4v) is 4.31. The van der Waals surface area contributed by atoms with Gasteiger partial charge in [0, 0.05) is 11.1 Å². The van der Waals surface area contributed by atoms with E-state index in [-0.39, 0.29) is 24.5 Å². The van der Waals surface area contributed by atoms with E-state index < -0.39 is 5.97 Å². The first-order chi connectivity index (χ1) is 15.8. The maximum absolute atomic E-state index is 13.4. The molecule has 172 valence electrons. The topological polar surface area (TPSA) is 74.6 Å². The van der Waals surface area contributed by atoms with Gasteiger partial charge in [-0.05, 0) is 57.5 Å². The lowest BCUT2D eigenvalue weighted by molar-refractivity contribution is -0.135. The Kier molecular flexibility index (Phi) is 8.01. The van der Waals surface area contributed by atoms with Crippen molar-refractivity contribution in [2.75, 3.05) is 13.2 Å². The van der Waals surface area contributed by atoms with Crippen LogP contribution in [0.25, 0.3) is 12.2 Å². The lowest BCUT2D eigenvalue weighted by atomic mass is 10.1. The van der Waals surface area contributed by atoms with Crippen molar-refractivity contribution >= 4 is 35.2 Å². The predicted octanol–water partition coefficient (Wildman–Crippen LogP) is 3.04. The van der Waals surface area contributed by atoms with Crippen LogP contribution in [0.3, 0.4) is 0 Å². The molecule has 0 saturated heterocycles. The van der Waals surface area contributed by atoms with Crippen LogP contribution in [0, 0.1) is 6.92 Å². The molecule has 0 saturated carbocycles. The molecule has 0 unspecified atom stereocenters. The van der Waals surface area contributed by atoms with Crippen LogP contribution in [0.2, 0.25) is 0 Å². The minimum atomic E-state index is -0.517. The SMILES string of the molecule is CCOC(=O)C=c1sc(=Cc2ccc(C)cc2)c(=O)n1Cc1cc(C(C)=O)ccc1OCC. The molecule has 3 aromatic rings. The standard InChI is InChI=1S/C26H27NO5S/c1-5-31-22-12-11-20(18(4)28)14-21(22)16-27-24(15-25(29)32-6-2)33-23(26(27)30)13-19-9-7-17(3)8-10-19/h7-15H,5-6,16H2,1-4H3. The lowest BCUT2D eigenvalue weighted by Crippen LogP contribution is -2.32. The van der Waals surface area contributed by atoms with Gasteiger partial charge in [0.25, 0.3) is 5.56 Å². The number of esters is 1. The van der Waals surface area contributed by atoms with Crippen molar-refractivity contribution in [1.82, 2.24) is 4.57 Å². The fraction of sp³-hybridized carbons (Fsp3) is 0.269. The quantitative estimate of drug-likeness (QED) is 0.378.